The van der Waals surface area contributed by atoms with Gasteiger partial charge in [-0.1, -0.05) is 30.3 Å². The highest BCUT2D eigenvalue weighted by Crippen LogP contribution is 2.13. The van der Waals surface area contributed by atoms with Crippen molar-refractivity contribution < 1.29 is 4.42 Å². The van der Waals surface area contributed by atoms with E-state index in [9.17, 15) is 0 Å². The van der Waals surface area contributed by atoms with Gasteiger partial charge in [-0.25, -0.2) is 9.97 Å². The molecule has 3 heterocycles. The molecule has 0 spiro atoms. The van der Waals surface area contributed by atoms with Crippen LogP contribution in [0, 0.1) is 0 Å². The predicted molar refractivity (Wildman–Crippen MR) is 93.1 cm³/mol. The van der Waals surface area contributed by atoms with Gasteiger partial charge < -0.3 is 9.32 Å². The van der Waals surface area contributed by atoms with Gasteiger partial charge >= 0.3 is 0 Å². The third-order valence-corrected chi connectivity index (χ3v) is 4.27. The van der Waals surface area contributed by atoms with Crippen molar-refractivity contribution >= 4 is 5.95 Å². The molecule has 0 aliphatic carbocycles. The molecule has 0 bridgehead atoms. The fourth-order valence-corrected chi connectivity index (χ4v) is 2.95. The molecule has 7 heteroatoms. The van der Waals surface area contributed by atoms with E-state index in [1.54, 1.807) is 12.4 Å². The fraction of sp³-hybridized carbons (Fsp3) is 0.333. The van der Waals surface area contributed by atoms with Crippen LogP contribution in [0.4, 0.5) is 5.95 Å². The van der Waals surface area contributed by atoms with Crippen LogP contribution in [-0.2, 0) is 13.0 Å². The van der Waals surface area contributed by atoms with Crippen LogP contribution < -0.4 is 4.90 Å². The lowest BCUT2D eigenvalue weighted by molar-refractivity contribution is 0.223. The molecular weight excluding hydrogens is 316 g/mol. The first-order chi connectivity index (χ1) is 12.4. The zero-order chi connectivity index (χ0) is 16.9. The SMILES string of the molecule is c1ccc(Cc2nnc(CN3CCN(c4ncccn4)CC3)o2)cc1. The number of benzene rings is 1. The molecule has 0 amide bonds. The van der Waals surface area contributed by atoms with Gasteiger partial charge in [-0.3, -0.25) is 4.90 Å². The maximum Gasteiger partial charge on any atom is 0.230 e. The Morgan fingerprint density at radius 2 is 1.56 bits per heavy atom. The molecule has 1 aliphatic heterocycles. The van der Waals surface area contributed by atoms with E-state index in [0.29, 0.717) is 24.7 Å². The molecule has 1 aliphatic rings. The smallest absolute Gasteiger partial charge is 0.230 e. The summed E-state index contributed by atoms with van der Waals surface area (Å²) < 4.78 is 5.80. The van der Waals surface area contributed by atoms with E-state index in [1.807, 2.05) is 24.3 Å². The summed E-state index contributed by atoms with van der Waals surface area (Å²) >= 11 is 0. The van der Waals surface area contributed by atoms with Crippen LogP contribution in [0.25, 0.3) is 0 Å². The number of nitrogens with zero attached hydrogens (tertiary/aromatic N) is 6. The maximum absolute atomic E-state index is 5.80. The van der Waals surface area contributed by atoms with Gasteiger partial charge in [0, 0.05) is 38.6 Å². The predicted octanol–water partition coefficient (Wildman–Crippen LogP) is 1.77. The van der Waals surface area contributed by atoms with E-state index in [-0.39, 0.29) is 0 Å². The van der Waals surface area contributed by atoms with Crippen LogP contribution in [0.15, 0.2) is 53.2 Å². The lowest BCUT2D eigenvalue weighted by Gasteiger charge is -2.33. The van der Waals surface area contributed by atoms with E-state index in [4.69, 9.17) is 4.42 Å². The summed E-state index contributed by atoms with van der Waals surface area (Å²) in [6, 6.07) is 12.0. The Bertz CT molecular complexity index is 784. The van der Waals surface area contributed by atoms with Crippen molar-refractivity contribution in [2.75, 3.05) is 31.1 Å². The van der Waals surface area contributed by atoms with Gasteiger partial charge in [0.05, 0.1) is 13.0 Å². The lowest BCUT2D eigenvalue weighted by Crippen LogP contribution is -2.46. The van der Waals surface area contributed by atoms with Gasteiger partial charge in [-0.15, -0.1) is 10.2 Å². The van der Waals surface area contributed by atoms with Crippen molar-refractivity contribution in [2.24, 2.45) is 0 Å². The first-order valence-corrected chi connectivity index (χ1v) is 8.46. The second-order valence-electron chi connectivity index (χ2n) is 6.06. The summed E-state index contributed by atoms with van der Waals surface area (Å²) in [5.41, 5.74) is 1.18. The van der Waals surface area contributed by atoms with Gasteiger partial charge in [-0.05, 0) is 11.6 Å². The molecule has 4 rings (SSSR count). The molecule has 0 saturated carbocycles. The molecule has 1 fully saturated rings. The van der Waals surface area contributed by atoms with E-state index in [2.05, 4.69) is 42.1 Å². The zero-order valence-electron chi connectivity index (χ0n) is 14.0. The van der Waals surface area contributed by atoms with E-state index in [1.165, 1.54) is 5.56 Å². The topological polar surface area (TPSA) is 71.2 Å². The highest BCUT2D eigenvalue weighted by molar-refractivity contribution is 5.29. The Morgan fingerprint density at radius 3 is 2.32 bits per heavy atom. The number of aromatic nitrogens is 4. The second-order valence-corrected chi connectivity index (χ2v) is 6.06. The van der Waals surface area contributed by atoms with Crippen LogP contribution >= 0.6 is 0 Å². The van der Waals surface area contributed by atoms with Crippen molar-refractivity contribution in [3.8, 4) is 0 Å². The summed E-state index contributed by atoms with van der Waals surface area (Å²) in [6.45, 7) is 4.33. The standard InChI is InChI=1S/C18H20N6O/c1-2-5-15(6-3-1)13-16-21-22-17(25-16)14-23-9-11-24(12-10-23)18-19-7-4-8-20-18/h1-8H,9-14H2. The van der Waals surface area contributed by atoms with Crippen molar-refractivity contribution in [1.29, 1.82) is 0 Å². The van der Waals surface area contributed by atoms with E-state index >= 15 is 0 Å². The first-order valence-electron chi connectivity index (χ1n) is 8.46. The van der Waals surface area contributed by atoms with Gasteiger partial charge in [0.1, 0.15) is 0 Å². The molecule has 128 valence electrons. The Labute approximate surface area is 146 Å². The van der Waals surface area contributed by atoms with E-state index < -0.39 is 0 Å². The Kier molecular flexibility index (Phi) is 4.65. The van der Waals surface area contributed by atoms with Crippen molar-refractivity contribution in [1.82, 2.24) is 25.1 Å². The van der Waals surface area contributed by atoms with Gasteiger partial charge in [0.25, 0.3) is 0 Å². The summed E-state index contributed by atoms with van der Waals surface area (Å²) in [7, 11) is 0. The van der Waals surface area contributed by atoms with Crippen molar-refractivity contribution in [3.63, 3.8) is 0 Å². The molecule has 1 aromatic carbocycles. The summed E-state index contributed by atoms with van der Waals surface area (Å²) in [5.74, 6) is 2.14. The average molecular weight is 336 g/mol. The Morgan fingerprint density at radius 1 is 0.840 bits per heavy atom. The van der Waals surface area contributed by atoms with Crippen molar-refractivity contribution in [2.45, 2.75) is 13.0 Å². The monoisotopic (exact) mass is 336 g/mol. The third kappa shape index (κ3) is 4.00. The number of hydrogen-bond donors (Lipinski definition) is 0. The normalized spacial score (nSPS) is 15.4. The lowest BCUT2D eigenvalue weighted by atomic mass is 10.2. The first kappa shape index (κ1) is 15.7. The van der Waals surface area contributed by atoms with E-state index in [0.717, 1.165) is 32.1 Å². The molecular formula is C18H20N6O. The highest BCUT2D eigenvalue weighted by atomic mass is 16.4. The molecule has 2 aromatic heterocycles. The number of hydrogen-bond acceptors (Lipinski definition) is 7. The summed E-state index contributed by atoms with van der Waals surface area (Å²) in [5, 5.41) is 8.35. The summed E-state index contributed by atoms with van der Waals surface area (Å²) in [6.07, 6.45) is 4.23. The zero-order valence-corrected chi connectivity index (χ0v) is 14.0. The highest BCUT2D eigenvalue weighted by Gasteiger charge is 2.20. The van der Waals surface area contributed by atoms with Crippen LogP contribution in [0.5, 0.6) is 0 Å². The van der Waals surface area contributed by atoms with Gasteiger partial charge in [0.15, 0.2) is 0 Å². The Balaban J connectivity index is 1.30. The average Bonchev–Trinajstić information content (AvgIpc) is 3.11. The summed E-state index contributed by atoms with van der Waals surface area (Å²) in [4.78, 5) is 13.1. The molecule has 7 nitrogen and oxygen atoms in total. The fourth-order valence-electron chi connectivity index (χ4n) is 2.95. The maximum atomic E-state index is 5.80. The molecule has 25 heavy (non-hydrogen) atoms. The van der Waals surface area contributed by atoms with Crippen LogP contribution in [-0.4, -0.2) is 51.2 Å². The molecule has 0 unspecified atom stereocenters. The van der Waals surface area contributed by atoms with Gasteiger partial charge in [-0.2, -0.15) is 0 Å². The van der Waals surface area contributed by atoms with Crippen LogP contribution in [0.2, 0.25) is 0 Å². The Hall–Kier alpha value is -2.80. The second kappa shape index (κ2) is 7.40. The van der Waals surface area contributed by atoms with Crippen LogP contribution in [0.1, 0.15) is 17.3 Å². The van der Waals surface area contributed by atoms with Crippen LogP contribution in [0.3, 0.4) is 0 Å². The molecule has 1 saturated heterocycles. The number of anilines is 1. The molecule has 0 radical (unpaired) electrons. The quantitative estimate of drug-likeness (QED) is 0.703. The minimum Gasteiger partial charge on any atom is -0.424 e. The minimum absolute atomic E-state index is 0.664. The largest absolute Gasteiger partial charge is 0.424 e. The molecule has 3 aromatic rings. The number of rotatable bonds is 5. The number of piperazine rings is 1. The minimum atomic E-state index is 0.664. The third-order valence-electron chi connectivity index (χ3n) is 4.27. The molecule has 0 N–H and O–H groups in total. The van der Waals surface area contributed by atoms with Gasteiger partial charge in [0.2, 0.25) is 17.7 Å². The van der Waals surface area contributed by atoms with Crippen molar-refractivity contribution in [3.05, 3.63) is 66.1 Å². The molecule has 0 atom stereocenters.